The van der Waals surface area contributed by atoms with Crippen LogP contribution in [0.4, 0.5) is 0 Å². The van der Waals surface area contributed by atoms with Gasteiger partial charge in [-0.05, 0) is 13.0 Å². The topological polar surface area (TPSA) is 63.5 Å². The standard InChI is InChI=1S/C8H13N3O/c1-6-7(3-4-12-6)5-11-8(9)10-2/h3-4H,5H2,1-2H3,(H3,9,10,11). The number of nitrogens with zero attached hydrogens (tertiary/aromatic N) is 1. The van der Waals surface area contributed by atoms with Crippen molar-refractivity contribution in [3.63, 3.8) is 0 Å². The van der Waals surface area contributed by atoms with Gasteiger partial charge >= 0.3 is 0 Å². The van der Waals surface area contributed by atoms with Crippen molar-refractivity contribution >= 4 is 5.96 Å². The van der Waals surface area contributed by atoms with Gasteiger partial charge in [0, 0.05) is 19.2 Å². The maximum atomic E-state index is 5.45. The molecule has 1 aromatic rings. The third kappa shape index (κ3) is 2.02. The molecule has 0 spiro atoms. The van der Waals surface area contributed by atoms with Gasteiger partial charge in [0.1, 0.15) is 5.76 Å². The second kappa shape index (κ2) is 3.80. The molecule has 0 aliphatic rings. The molecular formula is C8H13N3O. The number of aryl methyl sites for hydroxylation is 1. The van der Waals surface area contributed by atoms with E-state index in [1.165, 1.54) is 0 Å². The Morgan fingerprint density at radius 2 is 2.50 bits per heavy atom. The van der Waals surface area contributed by atoms with E-state index in [4.69, 9.17) is 10.2 Å². The van der Waals surface area contributed by atoms with Crippen LogP contribution < -0.4 is 11.1 Å². The third-order valence-electron chi connectivity index (χ3n) is 1.67. The van der Waals surface area contributed by atoms with Gasteiger partial charge in [-0.2, -0.15) is 0 Å². The lowest BCUT2D eigenvalue weighted by atomic mass is 10.2. The van der Waals surface area contributed by atoms with E-state index in [0.29, 0.717) is 12.5 Å². The smallest absolute Gasteiger partial charge is 0.188 e. The number of nitrogens with two attached hydrogens (primary N) is 1. The Bertz CT molecular complexity index is 278. The first-order chi connectivity index (χ1) is 5.74. The van der Waals surface area contributed by atoms with Crippen LogP contribution in [-0.4, -0.2) is 13.0 Å². The second-order valence-electron chi connectivity index (χ2n) is 2.46. The molecular weight excluding hydrogens is 154 g/mol. The van der Waals surface area contributed by atoms with Crippen LogP contribution in [0.15, 0.2) is 21.7 Å². The van der Waals surface area contributed by atoms with E-state index in [1.54, 1.807) is 13.3 Å². The summed E-state index contributed by atoms with van der Waals surface area (Å²) in [7, 11) is 1.64. The van der Waals surface area contributed by atoms with Gasteiger partial charge in [0.15, 0.2) is 5.96 Å². The van der Waals surface area contributed by atoms with Gasteiger partial charge in [0.2, 0.25) is 0 Å². The number of guanidine groups is 1. The second-order valence-corrected chi connectivity index (χ2v) is 2.46. The largest absolute Gasteiger partial charge is 0.469 e. The average molecular weight is 167 g/mol. The van der Waals surface area contributed by atoms with Gasteiger partial charge in [0.05, 0.1) is 6.26 Å². The van der Waals surface area contributed by atoms with E-state index in [-0.39, 0.29) is 0 Å². The molecule has 0 bridgehead atoms. The monoisotopic (exact) mass is 167 g/mol. The van der Waals surface area contributed by atoms with Crippen molar-refractivity contribution < 1.29 is 4.42 Å². The molecule has 1 aromatic heterocycles. The summed E-state index contributed by atoms with van der Waals surface area (Å²) in [4.78, 5) is 3.77. The van der Waals surface area contributed by atoms with Gasteiger partial charge < -0.3 is 15.5 Å². The van der Waals surface area contributed by atoms with Crippen LogP contribution in [0.3, 0.4) is 0 Å². The lowest BCUT2D eigenvalue weighted by Gasteiger charge is -2.02. The van der Waals surface area contributed by atoms with Crippen LogP contribution in [0.1, 0.15) is 11.3 Å². The van der Waals surface area contributed by atoms with Gasteiger partial charge in [0.25, 0.3) is 0 Å². The van der Waals surface area contributed by atoms with Crippen molar-refractivity contribution in [2.24, 2.45) is 10.7 Å². The molecule has 4 nitrogen and oxygen atoms in total. The Balaban J connectivity index is 2.49. The minimum absolute atomic E-state index is 0.440. The molecule has 0 amide bonds. The minimum atomic E-state index is 0.440. The Morgan fingerprint density at radius 1 is 1.75 bits per heavy atom. The summed E-state index contributed by atoms with van der Waals surface area (Å²) in [6.07, 6.45) is 1.66. The van der Waals surface area contributed by atoms with Gasteiger partial charge in [-0.1, -0.05) is 0 Å². The molecule has 4 heteroatoms. The lowest BCUT2D eigenvalue weighted by Crippen LogP contribution is -2.30. The van der Waals surface area contributed by atoms with Crippen LogP contribution in [0.5, 0.6) is 0 Å². The van der Waals surface area contributed by atoms with Crippen LogP contribution in [0.25, 0.3) is 0 Å². The maximum absolute atomic E-state index is 5.45. The summed E-state index contributed by atoms with van der Waals surface area (Å²) in [6.45, 7) is 2.57. The van der Waals surface area contributed by atoms with Crippen LogP contribution in [0, 0.1) is 6.92 Å². The molecule has 12 heavy (non-hydrogen) atoms. The molecule has 0 radical (unpaired) electrons. The summed E-state index contributed by atoms with van der Waals surface area (Å²) < 4.78 is 5.11. The highest BCUT2D eigenvalue weighted by molar-refractivity contribution is 5.77. The molecule has 0 fully saturated rings. The molecule has 66 valence electrons. The normalized spacial score (nSPS) is 11.7. The Morgan fingerprint density at radius 3 is 3.00 bits per heavy atom. The Labute approximate surface area is 71.5 Å². The van der Waals surface area contributed by atoms with Crippen molar-refractivity contribution in [3.8, 4) is 0 Å². The highest BCUT2D eigenvalue weighted by Gasteiger charge is 1.99. The van der Waals surface area contributed by atoms with Crippen molar-refractivity contribution in [2.45, 2.75) is 13.5 Å². The molecule has 0 unspecified atom stereocenters. The molecule has 0 aliphatic carbocycles. The Kier molecular flexibility index (Phi) is 2.74. The molecule has 1 rings (SSSR count). The molecule has 0 saturated carbocycles. The fourth-order valence-electron chi connectivity index (χ4n) is 0.859. The average Bonchev–Trinajstić information content (AvgIpc) is 2.47. The van der Waals surface area contributed by atoms with Crippen molar-refractivity contribution in [1.82, 2.24) is 5.32 Å². The summed E-state index contributed by atoms with van der Waals surface area (Å²) in [5, 5.41) is 2.94. The predicted octanol–water partition coefficient (Wildman–Crippen LogP) is 0.622. The number of hydrogen-bond acceptors (Lipinski definition) is 2. The van der Waals surface area contributed by atoms with E-state index in [0.717, 1.165) is 11.3 Å². The maximum Gasteiger partial charge on any atom is 0.188 e. The molecule has 3 N–H and O–H groups in total. The summed E-state index contributed by atoms with van der Waals surface area (Å²) >= 11 is 0. The SMILES string of the molecule is CN=C(N)NCc1ccoc1C. The zero-order chi connectivity index (χ0) is 8.97. The quantitative estimate of drug-likeness (QED) is 0.501. The summed E-state index contributed by atoms with van der Waals surface area (Å²) in [5.74, 6) is 1.35. The number of aliphatic imine (C=N–C) groups is 1. The van der Waals surface area contributed by atoms with E-state index < -0.39 is 0 Å². The number of furan rings is 1. The summed E-state index contributed by atoms with van der Waals surface area (Å²) in [6, 6.07) is 1.91. The summed E-state index contributed by atoms with van der Waals surface area (Å²) in [5.41, 5.74) is 6.55. The zero-order valence-corrected chi connectivity index (χ0v) is 7.29. The molecule has 1 heterocycles. The molecule has 0 aliphatic heterocycles. The first kappa shape index (κ1) is 8.64. The highest BCUT2D eigenvalue weighted by atomic mass is 16.3. The lowest BCUT2D eigenvalue weighted by molar-refractivity contribution is 0.529. The van der Waals surface area contributed by atoms with E-state index in [1.807, 2.05) is 13.0 Å². The zero-order valence-electron chi connectivity index (χ0n) is 7.29. The molecule has 0 saturated heterocycles. The van der Waals surface area contributed by atoms with E-state index in [2.05, 4.69) is 10.3 Å². The van der Waals surface area contributed by atoms with Gasteiger partial charge in [-0.25, -0.2) is 0 Å². The van der Waals surface area contributed by atoms with Gasteiger partial charge in [-0.3, -0.25) is 4.99 Å². The highest BCUT2D eigenvalue weighted by Crippen LogP contribution is 2.07. The third-order valence-corrected chi connectivity index (χ3v) is 1.67. The fraction of sp³-hybridized carbons (Fsp3) is 0.375. The van der Waals surface area contributed by atoms with E-state index in [9.17, 15) is 0 Å². The van der Waals surface area contributed by atoms with Crippen LogP contribution in [-0.2, 0) is 6.54 Å². The first-order valence-corrected chi connectivity index (χ1v) is 3.73. The number of hydrogen-bond donors (Lipinski definition) is 2. The van der Waals surface area contributed by atoms with Crippen molar-refractivity contribution in [1.29, 1.82) is 0 Å². The predicted molar refractivity (Wildman–Crippen MR) is 47.8 cm³/mol. The number of rotatable bonds is 2. The van der Waals surface area contributed by atoms with Crippen molar-refractivity contribution in [3.05, 3.63) is 23.7 Å². The van der Waals surface area contributed by atoms with Crippen LogP contribution in [0.2, 0.25) is 0 Å². The Hall–Kier alpha value is -1.45. The van der Waals surface area contributed by atoms with Gasteiger partial charge in [-0.15, -0.1) is 0 Å². The fourth-order valence-corrected chi connectivity index (χ4v) is 0.859. The van der Waals surface area contributed by atoms with E-state index >= 15 is 0 Å². The van der Waals surface area contributed by atoms with Crippen molar-refractivity contribution in [2.75, 3.05) is 7.05 Å². The van der Waals surface area contributed by atoms with Crippen LogP contribution >= 0.6 is 0 Å². The number of nitrogens with one attached hydrogen (secondary N) is 1. The molecule has 0 atom stereocenters. The molecule has 0 aromatic carbocycles. The first-order valence-electron chi connectivity index (χ1n) is 3.73. The minimum Gasteiger partial charge on any atom is -0.469 e.